The van der Waals surface area contributed by atoms with Crippen molar-refractivity contribution in [2.75, 3.05) is 13.1 Å². The van der Waals surface area contributed by atoms with Crippen molar-refractivity contribution in [2.24, 2.45) is 11.8 Å². The zero-order chi connectivity index (χ0) is 19.3. The predicted octanol–water partition coefficient (Wildman–Crippen LogP) is 3.02. The Bertz CT molecular complexity index is 834. The van der Waals surface area contributed by atoms with Gasteiger partial charge in [-0.25, -0.2) is 8.42 Å². The summed E-state index contributed by atoms with van der Waals surface area (Å²) in [5.41, 5.74) is 0. The maximum atomic E-state index is 12.8. The molecule has 1 N–H and O–H groups in total. The van der Waals surface area contributed by atoms with Gasteiger partial charge in [-0.2, -0.15) is 4.31 Å². The van der Waals surface area contributed by atoms with E-state index in [0.717, 1.165) is 12.2 Å². The molecule has 3 rings (SSSR count). The zero-order valence-electron chi connectivity index (χ0n) is 15.5. The molecule has 1 fully saturated rings. The minimum absolute atomic E-state index is 0.0192. The molecule has 1 aliphatic rings. The molecule has 2 atom stereocenters. The van der Waals surface area contributed by atoms with E-state index in [-0.39, 0.29) is 17.7 Å². The lowest BCUT2D eigenvalue weighted by Gasteiger charge is -2.37. The zero-order valence-corrected chi connectivity index (χ0v) is 16.3. The summed E-state index contributed by atoms with van der Waals surface area (Å²) in [6, 6.07) is 12.1. The van der Waals surface area contributed by atoms with Crippen molar-refractivity contribution in [3.8, 4) is 0 Å². The number of hydrogen-bond donors (Lipinski definition) is 1. The molecule has 27 heavy (non-hydrogen) atoms. The van der Waals surface area contributed by atoms with Crippen molar-refractivity contribution in [3.05, 3.63) is 54.5 Å². The summed E-state index contributed by atoms with van der Waals surface area (Å²) in [7, 11) is -3.48. The molecule has 0 saturated carbocycles. The average molecular weight is 391 g/mol. The van der Waals surface area contributed by atoms with Gasteiger partial charge in [-0.3, -0.25) is 4.79 Å². The van der Waals surface area contributed by atoms with Crippen molar-refractivity contribution in [2.45, 2.75) is 37.6 Å². The number of carbonyl (C=O) groups excluding carboxylic acids is 1. The first-order valence-electron chi connectivity index (χ1n) is 9.35. The van der Waals surface area contributed by atoms with E-state index in [1.54, 1.807) is 47.0 Å². The van der Waals surface area contributed by atoms with E-state index < -0.39 is 10.0 Å². The molecule has 1 saturated heterocycles. The van der Waals surface area contributed by atoms with Crippen molar-refractivity contribution in [1.29, 1.82) is 0 Å². The lowest BCUT2D eigenvalue weighted by molar-refractivity contribution is -0.123. The van der Waals surface area contributed by atoms with Gasteiger partial charge in [-0.05, 0) is 42.5 Å². The van der Waals surface area contributed by atoms with Crippen LogP contribution in [0.2, 0.25) is 0 Å². The van der Waals surface area contributed by atoms with Gasteiger partial charge in [0.1, 0.15) is 5.76 Å². The van der Waals surface area contributed by atoms with Crippen LogP contribution in [-0.2, 0) is 21.4 Å². The molecule has 0 spiro atoms. The Morgan fingerprint density at radius 3 is 2.63 bits per heavy atom. The van der Waals surface area contributed by atoms with Gasteiger partial charge >= 0.3 is 0 Å². The summed E-state index contributed by atoms with van der Waals surface area (Å²) in [6.07, 6.45) is 3.53. The highest BCUT2D eigenvalue weighted by Crippen LogP contribution is 2.32. The number of benzene rings is 1. The Labute approximate surface area is 160 Å². The van der Waals surface area contributed by atoms with Crippen LogP contribution < -0.4 is 5.32 Å². The number of sulfonamides is 1. The topological polar surface area (TPSA) is 79.6 Å². The minimum Gasteiger partial charge on any atom is -0.467 e. The van der Waals surface area contributed by atoms with Crippen molar-refractivity contribution in [1.82, 2.24) is 9.62 Å². The molecular weight excluding hydrogens is 364 g/mol. The molecule has 0 aliphatic carbocycles. The lowest BCUT2D eigenvalue weighted by Crippen LogP contribution is -2.44. The second-order valence-electron chi connectivity index (χ2n) is 6.95. The summed E-state index contributed by atoms with van der Waals surface area (Å²) < 4.78 is 32.5. The molecular formula is C20H26N2O4S. The molecule has 146 valence electrons. The second kappa shape index (κ2) is 8.71. The first kappa shape index (κ1) is 19.6. The normalized spacial score (nSPS) is 21.1. The Balaban J connectivity index is 1.58. The molecule has 1 amide bonds. The quantitative estimate of drug-likeness (QED) is 0.788. The third-order valence-electron chi connectivity index (χ3n) is 5.25. The number of piperidine rings is 1. The maximum Gasteiger partial charge on any atom is 0.243 e. The smallest absolute Gasteiger partial charge is 0.243 e. The van der Waals surface area contributed by atoms with Gasteiger partial charge < -0.3 is 9.73 Å². The van der Waals surface area contributed by atoms with Crippen LogP contribution in [0.3, 0.4) is 0 Å². The minimum atomic E-state index is -3.48. The van der Waals surface area contributed by atoms with Crippen LogP contribution in [0.25, 0.3) is 0 Å². The highest BCUT2D eigenvalue weighted by Gasteiger charge is 2.35. The van der Waals surface area contributed by atoms with E-state index in [2.05, 4.69) is 12.2 Å². The van der Waals surface area contributed by atoms with E-state index >= 15 is 0 Å². The number of carbonyl (C=O) groups is 1. The van der Waals surface area contributed by atoms with E-state index in [1.165, 1.54) is 0 Å². The van der Waals surface area contributed by atoms with Crippen LogP contribution in [0, 0.1) is 11.8 Å². The van der Waals surface area contributed by atoms with Crippen LogP contribution in [0.5, 0.6) is 0 Å². The fraction of sp³-hybridized carbons (Fsp3) is 0.450. The van der Waals surface area contributed by atoms with Crippen LogP contribution in [0.4, 0.5) is 0 Å². The van der Waals surface area contributed by atoms with Crippen molar-refractivity contribution >= 4 is 15.9 Å². The standard InChI is InChI=1S/C20H26N2O4S/c1-2-16-15-22(27(24,25)19-8-4-3-5-9-19)11-10-17(16)13-20(23)21-14-18-7-6-12-26-18/h3-9,12,16-17H,2,10-11,13-15H2,1H3,(H,21,23)/t16-,17-/m0/s1. The molecule has 1 aromatic heterocycles. The SMILES string of the molecule is CC[C@H]1CN(S(=O)(=O)c2ccccc2)CC[C@H]1CC(=O)NCc1ccco1. The molecule has 0 bridgehead atoms. The number of nitrogens with one attached hydrogen (secondary N) is 1. The summed E-state index contributed by atoms with van der Waals surface area (Å²) in [4.78, 5) is 12.6. The highest BCUT2D eigenvalue weighted by molar-refractivity contribution is 7.89. The molecule has 2 heterocycles. The summed E-state index contributed by atoms with van der Waals surface area (Å²) >= 11 is 0. The lowest BCUT2D eigenvalue weighted by atomic mass is 9.82. The summed E-state index contributed by atoms with van der Waals surface area (Å²) in [5.74, 6) is 1.06. The molecule has 0 radical (unpaired) electrons. The Kier molecular flexibility index (Phi) is 6.34. The van der Waals surface area contributed by atoms with Gasteiger partial charge in [-0.15, -0.1) is 0 Å². The van der Waals surface area contributed by atoms with E-state index in [1.807, 2.05) is 6.07 Å². The first-order valence-corrected chi connectivity index (χ1v) is 10.8. The third-order valence-corrected chi connectivity index (χ3v) is 7.13. The van der Waals surface area contributed by atoms with Crippen molar-refractivity contribution in [3.63, 3.8) is 0 Å². The predicted molar refractivity (Wildman–Crippen MR) is 102 cm³/mol. The number of hydrogen-bond acceptors (Lipinski definition) is 4. The highest BCUT2D eigenvalue weighted by atomic mass is 32.2. The maximum absolute atomic E-state index is 12.8. The molecule has 7 heteroatoms. The molecule has 0 unspecified atom stereocenters. The van der Waals surface area contributed by atoms with Crippen LogP contribution in [0.15, 0.2) is 58.0 Å². The molecule has 1 aliphatic heterocycles. The Morgan fingerprint density at radius 1 is 1.19 bits per heavy atom. The number of furan rings is 1. The Morgan fingerprint density at radius 2 is 1.96 bits per heavy atom. The number of rotatable bonds is 7. The van der Waals surface area contributed by atoms with Gasteiger partial charge in [0.25, 0.3) is 0 Å². The largest absolute Gasteiger partial charge is 0.467 e. The molecule has 1 aromatic carbocycles. The summed E-state index contributed by atoms with van der Waals surface area (Å²) in [5, 5.41) is 2.88. The molecule has 6 nitrogen and oxygen atoms in total. The van der Waals surface area contributed by atoms with Crippen LogP contribution in [0.1, 0.15) is 31.9 Å². The first-order chi connectivity index (χ1) is 13.0. The fourth-order valence-corrected chi connectivity index (χ4v) is 5.18. The second-order valence-corrected chi connectivity index (χ2v) is 8.89. The average Bonchev–Trinajstić information content (AvgIpc) is 3.21. The van der Waals surface area contributed by atoms with Crippen molar-refractivity contribution < 1.29 is 17.6 Å². The monoisotopic (exact) mass is 390 g/mol. The van der Waals surface area contributed by atoms with Crippen LogP contribution in [-0.4, -0.2) is 31.7 Å². The van der Waals surface area contributed by atoms with Gasteiger partial charge in [0, 0.05) is 19.5 Å². The third kappa shape index (κ3) is 4.78. The Hall–Kier alpha value is -2.12. The number of nitrogens with zero attached hydrogens (tertiary/aromatic N) is 1. The summed E-state index contributed by atoms with van der Waals surface area (Å²) in [6.45, 7) is 3.34. The molecule has 2 aromatic rings. The van der Waals surface area contributed by atoms with Gasteiger partial charge in [0.05, 0.1) is 17.7 Å². The van der Waals surface area contributed by atoms with Gasteiger partial charge in [0.2, 0.25) is 15.9 Å². The number of amides is 1. The van der Waals surface area contributed by atoms with E-state index in [9.17, 15) is 13.2 Å². The van der Waals surface area contributed by atoms with Gasteiger partial charge in [-0.1, -0.05) is 31.5 Å². The van der Waals surface area contributed by atoms with E-state index in [4.69, 9.17) is 4.42 Å². The van der Waals surface area contributed by atoms with Gasteiger partial charge in [0.15, 0.2) is 0 Å². The fourth-order valence-electron chi connectivity index (χ4n) is 3.65. The van der Waals surface area contributed by atoms with Crippen LogP contribution >= 0.6 is 0 Å². The van der Waals surface area contributed by atoms with E-state index in [0.29, 0.717) is 37.4 Å².